The third kappa shape index (κ3) is 6.76. The van der Waals surface area contributed by atoms with Crippen molar-refractivity contribution >= 4 is 11.6 Å². The fourth-order valence-corrected chi connectivity index (χ4v) is 2.01. The highest BCUT2D eigenvalue weighted by atomic mass is 16.5. The zero-order valence-electron chi connectivity index (χ0n) is 13.9. The van der Waals surface area contributed by atoms with Gasteiger partial charge in [-0.05, 0) is 18.8 Å². The van der Waals surface area contributed by atoms with Gasteiger partial charge in [-0.3, -0.25) is 0 Å². The highest BCUT2D eigenvalue weighted by Crippen LogP contribution is 2.21. The summed E-state index contributed by atoms with van der Waals surface area (Å²) in [5.41, 5.74) is 1.18. The maximum Gasteiger partial charge on any atom is 0.134 e. The van der Waals surface area contributed by atoms with Gasteiger partial charge in [-0.25, -0.2) is 9.97 Å². The van der Waals surface area contributed by atoms with E-state index >= 15 is 0 Å². The quantitative estimate of drug-likeness (QED) is 0.613. The van der Waals surface area contributed by atoms with E-state index in [0.717, 1.165) is 50.6 Å². The Labute approximate surface area is 128 Å². The summed E-state index contributed by atoms with van der Waals surface area (Å²) in [4.78, 5) is 8.75. The number of hydrogen-bond acceptors (Lipinski definition) is 5. The molecule has 0 unspecified atom stereocenters. The van der Waals surface area contributed by atoms with Gasteiger partial charge in [-0.15, -0.1) is 0 Å². The van der Waals surface area contributed by atoms with Crippen LogP contribution in [0.5, 0.6) is 0 Å². The highest BCUT2D eigenvalue weighted by Gasteiger charge is 2.10. The van der Waals surface area contributed by atoms with Crippen LogP contribution < -0.4 is 10.6 Å². The Morgan fingerprint density at radius 2 is 1.71 bits per heavy atom. The molecule has 0 spiro atoms. The first-order valence-corrected chi connectivity index (χ1v) is 8.08. The molecule has 0 radical (unpaired) electrons. The fraction of sp³-hybridized carbons (Fsp3) is 0.750. The molecule has 1 rings (SSSR count). The number of anilines is 2. The van der Waals surface area contributed by atoms with Crippen LogP contribution in [0.4, 0.5) is 11.6 Å². The first kappa shape index (κ1) is 17.7. The summed E-state index contributed by atoms with van der Waals surface area (Å²) in [6, 6.07) is 0. The van der Waals surface area contributed by atoms with Crippen molar-refractivity contribution in [3.63, 3.8) is 0 Å². The van der Waals surface area contributed by atoms with E-state index in [2.05, 4.69) is 48.3 Å². The molecule has 1 heterocycles. The van der Waals surface area contributed by atoms with Crippen molar-refractivity contribution in [3.05, 3.63) is 11.9 Å². The van der Waals surface area contributed by atoms with E-state index in [9.17, 15) is 0 Å². The van der Waals surface area contributed by atoms with Gasteiger partial charge in [-0.1, -0.05) is 34.1 Å². The van der Waals surface area contributed by atoms with Gasteiger partial charge in [0.1, 0.15) is 18.0 Å². The number of ether oxygens (including phenoxy) is 1. The molecule has 5 heteroatoms. The molecule has 0 saturated carbocycles. The summed E-state index contributed by atoms with van der Waals surface area (Å²) >= 11 is 0. The molecule has 0 bridgehead atoms. The molecule has 0 amide bonds. The van der Waals surface area contributed by atoms with Gasteiger partial charge in [0.15, 0.2) is 0 Å². The Kier molecular flexibility index (Phi) is 8.74. The zero-order valence-corrected chi connectivity index (χ0v) is 13.9. The van der Waals surface area contributed by atoms with Crippen LogP contribution in [0, 0.1) is 5.92 Å². The summed E-state index contributed by atoms with van der Waals surface area (Å²) in [6.07, 6.45) is 4.75. The lowest BCUT2D eigenvalue weighted by Crippen LogP contribution is -2.15. The summed E-state index contributed by atoms with van der Waals surface area (Å²) in [5, 5.41) is 6.75. The molecule has 21 heavy (non-hydrogen) atoms. The van der Waals surface area contributed by atoms with Crippen molar-refractivity contribution in [3.8, 4) is 0 Å². The molecular weight excluding hydrogens is 264 g/mol. The Hall–Kier alpha value is -1.36. The molecule has 0 atom stereocenters. The normalized spacial score (nSPS) is 10.9. The van der Waals surface area contributed by atoms with Crippen LogP contribution in [0.15, 0.2) is 6.33 Å². The predicted octanol–water partition coefficient (Wildman–Crippen LogP) is 3.34. The molecule has 0 aromatic carbocycles. The molecule has 0 aliphatic heterocycles. The third-order valence-corrected chi connectivity index (χ3v) is 2.98. The number of nitrogens with one attached hydrogen (secondary N) is 2. The average Bonchev–Trinajstić information content (AvgIpc) is 2.46. The lowest BCUT2D eigenvalue weighted by atomic mass is 10.1. The Morgan fingerprint density at radius 3 is 2.29 bits per heavy atom. The monoisotopic (exact) mass is 294 g/mol. The predicted molar refractivity (Wildman–Crippen MR) is 89.0 cm³/mol. The third-order valence-electron chi connectivity index (χ3n) is 2.98. The van der Waals surface area contributed by atoms with Crippen molar-refractivity contribution in [2.45, 2.75) is 47.0 Å². The lowest BCUT2D eigenvalue weighted by Gasteiger charge is -2.15. The SMILES string of the molecule is CCCNc1ncnc(NCCOCC(C)C)c1CCC. The second kappa shape index (κ2) is 10.4. The number of hydrogen-bond donors (Lipinski definition) is 2. The van der Waals surface area contributed by atoms with Crippen LogP contribution in [0.1, 0.15) is 46.1 Å². The summed E-state index contributed by atoms with van der Waals surface area (Å²) in [7, 11) is 0. The van der Waals surface area contributed by atoms with E-state index in [0.29, 0.717) is 12.5 Å². The smallest absolute Gasteiger partial charge is 0.134 e. The number of rotatable bonds is 11. The van der Waals surface area contributed by atoms with E-state index in [4.69, 9.17) is 4.74 Å². The first-order valence-electron chi connectivity index (χ1n) is 8.08. The number of nitrogens with zero attached hydrogens (tertiary/aromatic N) is 2. The van der Waals surface area contributed by atoms with E-state index in [1.54, 1.807) is 6.33 Å². The van der Waals surface area contributed by atoms with E-state index in [1.165, 1.54) is 5.56 Å². The van der Waals surface area contributed by atoms with Gasteiger partial charge >= 0.3 is 0 Å². The molecule has 0 aliphatic rings. The van der Waals surface area contributed by atoms with Gasteiger partial charge in [0, 0.05) is 25.3 Å². The first-order chi connectivity index (χ1) is 10.2. The second-order valence-corrected chi connectivity index (χ2v) is 5.62. The Bertz CT molecular complexity index is 396. The molecule has 2 N–H and O–H groups in total. The topological polar surface area (TPSA) is 59.1 Å². The lowest BCUT2D eigenvalue weighted by molar-refractivity contribution is 0.118. The molecule has 0 saturated heterocycles. The van der Waals surface area contributed by atoms with Crippen LogP contribution in [-0.2, 0) is 11.2 Å². The summed E-state index contributed by atoms with van der Waals surface area (Å²) in [5.74, 6) is 2.46. The van der Waals surface area contributed by atoms with E-state index < -0.39 is 0 Å². The highest BCUT2D eigenvalue weighted by molar-refractivity contribution is 5.57. The van der Waals surface area contributed by atoms with Crippen molar-refractivity contribution in [2.24, 2.45) is 5.92 Å². The Balaban J connectivity index is 2.58. The van der Waals surface area contributed by atoms with Crippen LogP contribution in [0.3, 0.4) is 0 Å². The standard InChI is InChI=1S/C16H30N4O/c1-5-7-14-15(17-8-6-2)19-12-20-16(14)18-9-10-21-11-13(3)4/h12-13H,5-11H2,1-4H3,(H2,17,18,19,20). The fourth-order valence-electron chi connectivity index (χ4n) is 2.01. The molecule has 0 fully saturated rings. The molecule has 1 aromatic heterocycles. The maximum absolute atomic E-state index is 5.59. The Morgan fingerprint density at radius 1 is 1.05 bits per heavy atom. The minimum absolute atomic E-state index is 0.574. The summed E-state index contributed by atoms with van der Waals surface area (Å²) < 4.78 is 5.59. The van der Waals surface area contributed by atoms with Gasteiger partial charge < -0.3 is 15.4 Å². The van der Waals surface area contributed by atoms with Gasteiger partial charge in [0.25, 0.3) is 0 Å². The van der Waals surface area contributed by atoms with Gasteiger partial charge in [0.2, 0.25) is 0 Å². The van der Waals surface area contributed by atoms with Crippen LogP contribution in [0.2, 0.25) is 0 Å². The van der Waals surface area contributed by atoms with Crippen molar-refractivity contribution in [1.29, 1.82) is 0 Å². The van der Waals surface area contributed by atoms with Crippen molar-refractivity contribution < 1.29 is 4.74 Å². The van der Waals surface area contributed by atoms with Crippen LogP contribution in [-0.4, -0.2) is 36.3 Å². The second-order valence-electron chi connectivity index (χ2n) is 5.62. The molecule has 5 nitrogen and oxygen atoms in total. The molecule has 1 aromatic rings. The molecular formula is C16H30N4O. The van der Waals surface area contributed by atoms with Gasteiger partial charge in [-0.2, -0.15) is 0 Å². The largest absolute Gasteiger partial charge is 0.379 e. The van der Waals surface area contributed by atoms with Gasteiger partial charge in [0.05, 0.1) is 6.61 Å². The molecule has 0 aliphatic carbocycles. The minimum atomic E-state index is 0.574. The molecule has 120 valence electrons. The van der Waals surface area contributed by atoms with E-state index in [-0.39, 0.29) is 0 Å². The van der Waals surface area contributed by atoms with Crippen molar-refractivity contribution in [2.75, 3.05) is 36.9 Å². The zero-order chi connectivity index (χ0) is 15.5. The van der Waals surface area contributed by atoms with Crippen LogP contribution in [0.25, 0.3) is 0 Å². The minimum Gasteiger partial charge on any atom is -0.379 e. The maximum atomic E-state index is 5.59. The van der Waals surface area contributed by atoms with Crippen molar-refractivity contribution in [1.82, 2.24) is 9.97 Å². The number of aromatic nitrogens is 2. The van der Waals surface area contributed by atoms with Crippen LogP contribution >= 0.6 is 0 Å². The van der Waals surface area contributed by atoms with E-state index in [1.807, 2.05) is 0 Å². The average molecular weight is 294 g/mol. The summed E-state index contributed by atoms with van der Waals surface area (Å²) in [6.45, 7) is 11.8.